The van der Waals surface area contributed by atoms with Crippen molar-refractivity contribution >= 4 is 22.6 Å². The van der Waals surface area contributed by atoms with E-state index >= 15 is 0 Å². The van der Waals surface area contributed by atoms with Gasteiger partial charge in [0.15, 0.2) is 0 Å². The molecule has 0 radical (unpaired) electrons. The van der Waals surface area contributed by atoms with E-state index in [1.807, 2.05) is 6.20 Å². The van der Waals surface area contributed by atoms with Gasteiger partial charge in [0.1, 0.15) is 0 Å². The van der Waals surface area contributed by atoms with Gasteiger partial charge >= 0.3 is 0 Å². The molecule has 1 fully saturated rings. The molecule has 0 aliphatic carbocycles. The van der Waals surface area contributed by atoms with Gasteiger partial charge in [-0.3, -0.25) is 4.68 Å². The monoisotopic (exact) mass is 368 g/mol. The van der Waals surface area contributed by atoms with E-state index in [1.165, 1.54) is 14.7 Å². The van der Waals surface area contributed by atoms with Crippen LogP contribution in [0.2, 0.25) is 0 Å². The molecule has 4 heteroatoms. The SMILES string of the molecule is Ic1cccc(-c2cnn(CC3CCOCC3)c2)c1. The highest BCUT2D eigenvalue weighted by atomic mass is 127. The van der Waals surface area contributed by atoms with Crippen molar-refractivity contribution in [1.82, 2.24) is 9.78 Å². The lowest BCUT2D eigenvalue weighted by Gasteiger charge is -2.21. The minimum absolute atomic E-state index is 0.706. The second-order valence-corrected chi connectivity index (χ2v) is 6.26. The topological polar surface area (TPSA) is 27.1 Å². The molecule has 2 aromatic rings. The summed E-state index contributed by atoms with van der Waals surface area (Å²) in [7, 11) is 0. The van der Waals surface area contributed by atoms with Crippen LogP contribution < -0.4 is 0 Å². The van der Waals surface area contributed by atoms with Crippen molar-refractivity contribution in [3.05, 3.63) is 40.2 Å². The van der Waals surface area contributed by atoms with Crippen molar-refractivity contribution < 1.29 is 4.74 Å². The Balaban J connectivity index is 1.72. The van der Waals surface area contributed by atoms with E-state index in [4.69, 9.17) is 4.74 Å². The van der Waals surface area contributed by atoms with Gasteiger partial charge in [-0.25, -0.2) is 0 Å². The number of rotatable bonds is 3. The van der Waals surface area contributed by atoms with E-state index in [1.54, 1.807) is 0 Å². The van der Waals surface area contributed by atoms with Gasteiger partial charge in [-0.1, -0.05) is 12.1 Å². The molecule has 3 rings (SSSR count). The molecule has 19 heavy (non-hydrogen) atoms. The first kappa shape index (κ1) is 13.1. The first-order valence-corrected chi connectivity index (χ1v) is 7.75. The van der Waals surface area contributed by atoms with Crippen molar-refractivity contribution in [2.75, 3.05) is 13.2 Å². The highest BCUT2D eigenvalue weighted by molar-refractivity contribution is 14.1. The number of benzene rings is 1. The Morgan fingerprint density at radius 2 is 2.11 bits per heavy atom. The van der Waals surface area contributed by atoms with Gasteiger partial charge in [-0.2, -0.15) is 5.10 Å². The number of halogens is 1. The number of aromatic nitrogens is 2. The summed E-state index contributed by atoms with van der Waals surface area (Å²) in [6.45, 7) is 2.80. The van der Waals surface area contributed by atoms with Crippen molar-refractivity contribution in [2.24, 2.45) is 5.92 Å². The van der Waals surface area contributed by atoms with Crippen LogP contribution in [0.1, 0.15) is 12.8 Å². The predicted octanol–water partition coefficient (Wildman–Crippen LogP) is 3.58. The van der Waals surface area contributed by atoms with Gasteiger partial charge in [0.25, 0.3) is 0 Å². The van der Waals surface area contributed by atoms with Crippen LogP contribution in [-0.2, 0) is 11.3 Å². The van der Waals surface area contributed by atoms with E-state index in [0.717, 1.165) is 32.6 Å². The van der Waals surface area contributed by atoms with Crippen molar-refractivity contribution in [3.63, 3.8) is 0 Å². The molecule has 0 atom stereocenters. The van der Waals surface area contributed by atoms with Gasteiger partial charge in [-0.15, -0.1) is 0 Å². The Morgan fingerprint density at radius 3 is 2.89 bits per heavy atom. The Morgan fingerprint density at radius 1 is 1.26 bits per heavy atom. The van der Waals surface area contributed by atoms with E-state index < -0.39 is 0 Å². The summed E-state index contributed by atoms with van der Waals surface area (Å²) >= 11 is 2.34. The Kier molecular flexibility index (Phi) is 4.18. The molecule has 0 saturated carbocycles. The Labute approximate surface area is 127 Å². The van der Waals surface area contributed by atoms with Crippen LogP contribution in [0.5, 0.6) is 0 Å². The summed E-state index contributed by atoms with van der Waals surface area (Å²) in [6.07, 6.45) is 6.42. The van der Waals surface area contributed by atoms with Crippen molar-refractivity contribution in [3.8, 4) is 11.1 Å². The normalized spacial score (nSPS) is 16.7. The van der Waals surface area contributed by atoms with Crippen LogP contribution in [0.3, 0.4) is 0 Å². The molecule has 0 unspecified atom stereocenters. The van der Waals surface area contributed by atoms with E-state index in [0.29, 0.717) is 5.92 Å². The molecule has 0 amide bonds. The summed E-state index contributed by atoms with van der Waals surface area (Å²) in [5.74, 6) is 0.706. The standard InChI is InChI=1S/C15H17IN2O/c16-15-3-1-2-13(8-15)14-9-17-18(11-14)10-12-4-6-19-7-5-12/h1-3,8-9,11-12H,4-7,10H2. The summed E-state index contributed by atoms with van der Waals surface area (Å²) in [6, 6.07) is 8.53. The van der Waals surface area contributed by atoms with Crippen LogP contribution in [-0.4, -0.2) is 23.0 Å². The summed E-state index contributed by atoms with van der Waals surface area (Å²) in [4.78, 5) is 0. The van der Waals surface area contributed by atoms with E-state index in [-0.39, 0.29) is 0 Å². The summed E-state index contributed by atoms with van der Waals surface area (Å²) in [5, 5.41) is 4.49. The zero-order valence-electron chi connectivity index (χ0n) is 10.8. The number of hydrogen-bond acceptors (Lipinski definition) is 2. The number of nitrogens with zero attached hydrogens (tertiary/aromatic N) is 2. The Hall–Kier alpha value is -0.880. The first-order valence-electron chi connectivity index (χ1n) is 6.67. The average Bonchev–Trinajstić information content (AvgIpc) is 2.88. The third-order valence-corrected chi connectivity index (χ3v) is 4.25. The third kappa shape index (κ3) is 3.36. The molecule has 1 aliphatic rings. The zero-order valence-corrected chi connectivity index (χ0v) is 12.9. The zero-order chi connectivity index (χ0) is 13.1. The maximum absolute atomic E-state index is 5.39. The van der Waals surface area contributed by atoms with Crippen LogP contribution in [0, 0.1) is 9.49 Å². The lowest BCUT2D eigenvalue weighted by Crippen LogP contribution is -2.20. The molecule has 0 bridgehead atoms. The van der Waals surface area contributed by atoms with Gasteiger partial charge in [0.2, 0.25) is 0 Å². The predicted molar refractivity (Wildman–Crippen MR) is 83.9 cm³/mol. The largest absolute Gasteiger partial charge is 0.381 e. The fourth-order valence-corrected chi connectivity index (χ4v) is 3.02. The quantitative estimate of drug-likeness (QED) is 0.775. The Bertz CT molecular complexity index is 547. The van der Waals surface area contributed by atoms with Crippen molar-refractivity contribution in [1.29, 1.82) is 0 Å². The lowest BCUT2D eigenvalue weighted by molar-refractivity contribution is 0.0601. The molecular weight excluding hydrogens is 351 g/mol. The minimum atomic E-state index is 0.706. The molecule has 1 aromatic carbocycles. The third-order valence-electron chi connectivity index (χ3n) is 3.58. The van der Waals surface area contributed by atoms with Crippen LogP contribution in [0.25, 0.3) is 11.1 Å². The average molecular weight is 368 g/mol. The van der Waals surface area contributed by atoms with Gasteiger partial charge < -0.3 is 4.74 Å². The van der Waals surface area contributed by atoms with Crippen LogP contribution in [0.15, 0.2) is 36.7 Å². The fraction of sp³-hybridized carbons (Fsp3) is 0.400. The van der Waals surface area contributed by atoms with E-state index in [2.05, 4.69) is 62.8 Å². The molecule has 0 N–H and O–H groups in total. The van der Waals surface area contributed by atoms with Crippen molar-refractivity contribution in [2.45, 2.75) is 19.4 Å². The highest BCUT2D eigenvalue weighted by Gasteiger charge is 2.14. The smallest absolute Gasteiger partial charge is 0.0568 e. The van der Waals surface area contributed by atoms with E-state index in [9.17, 15) is 0 Å². The maximum Gasteiger partial charge on any atom is 0.0568 e. The second kappa shape index (κ2) is 6.05. The molecule has 1 aliphatic heterocycles. The van der Waals surface area contributed by atoms with Gasteiger partial charge in [-0.05, 0) is 59.0 Å². The van der Waals surface area contributed by atoms with Gasteiger partial charge in [0.05, 0.1) is 6.20 Å². The second-order valence-electron chi connectivity index (χ2n) is 5.02. The molecule has 1 aromatic heterocycles. The molecule has 100 valence electrons. The fourth-order valence-electron chi connectivity index (χ4n) is 2.47. The van der Waals surface area contributed by atoms with Crippen LogP contribution >= 0.6 is 22.6 Å². The summed E-state index contributed by atoms with van der Waals surface area (Å²) < 4.78 is 8.73. The highest BCUT2D eigenvalue weighted by Crippen LogP contribution is 2.22. The number of hydrogen-bond donors (Lipinski definition) is 0. The first-order chi connectivity index (χ1) is 9.31. The maximum atomic E-state index is 5.39. The molecular formula is C15H17IN2O. The number of ether oxygens (including phenoxy) is 1. The summed E-state index contributed by atoms with van der Waals surface area (Å²) in [5.41, 5.74) is 2.44. The molecule has 1 saturated heterocycles. The molecule has 3 nitrogen and oxygen atoms in total. The van der Waals surface area contributed by atoms with Gasteiger partial charge in [0, 0.05) is 35.1 Å². The molecule has 0 spiro atoms. The molecule has 2 heterocycles. The lowest BCUT2D eigenvalue weighted by atomic mass is 10.0. The van der Waals surface area contributed by atoms with Crippen LogP contribution in [0.4, 0.5) is 0 Å². The minimum Gasteiger partial charge on any atom is -0.381 e.